The first-order chi connectivity index (χ1) is 9.13. The van der Waals surface area contributed by atoms with Gasteiger partial charge in [0.15, 0.2) is 0 Å². The Bertz CT molecular complexity index is 413. The summed E-state index contributed by atoms with van der Waals surface area (Å²) in [7, 11) is 0. The van der Waals surface area contributed by atoms with Gasteiger partial charge in [0, 0.05) is 25.7 Å². The number of nitrogens with one attached hydrogen (secondary N) is 2. The van der Waals surface area contributed by atoms with Crippen LogP contribution in [0.2, 0.25) is 0 Å². The van der Waals surface area contributed by atoms with Crippen LogP contribution >= 0.6 is 15.9 Å². The fourth-order valence-corrected chi connectivity index (χ4v) is 1.78. The van der Waals surface area contributed by atoms with Gasteiger partial charge in [0.25, 0.3) is 0 Å². The molecule has 0 aliphatic heterocycles. The van der Waals surface area contributed by atoms with Crippen molar-refractivity contribution in [2.24, 2.45) is 5.73 Å². The first-order valence-electron chi connectivity index (χ1n) is 6.42. The smallest absolute Gasteiger partial charge is 0.224 e. The summed E-state index contributed by atoms with van der Waals surface area (Å²) in [5, 5.41) is 6.35. The summed E-state index contributed by atoms with van der Waals surface area (Å²) in [5.41, 5.74) is 5.08. The van der Waals surface area contributed by atoms with Crippen LogP contribution in [0.15, 0.2) is 10.7 Å². The molecule has 106 valence electrons. The minimum atomic E-state index is -0.255. The number of carbonyl (C=O) groups is 1. The summed E-state index contributed by atoms with van der Waals surface area (Å²) in [6.07, 6.45) is 4.82. The molecule has 1 amide bonds. The summed E-state index contributed by atoms with van der Waals surface area (Å²) < 4.78 is 0.824. The van der Waals surface area contributed by atoms with Crippen molar-refractivity contribution >= 4 is 33.6 Å². The molecule has 0 saturated carbocycles. The lowest BCUT2D eigenvalue weighted by Gasteiger charge is -2.09. The minimum absolute atomic E-state index is 0.255. The lowest BCUT2D eigenvalue weighted by Crippen LogP contribution is -2.12. The molecule has 7 heteroatoms. The molecule has 0 aliphatic carbocycles. The molecule has 1 aromatic heterocycles. The van der Waals surface area contributed by atoms with E-state index in [1.165, 1.54) is 0 Å². The zero-order chi connectivity index (χ0) is 14.1. The van der Waals surface area contributed by atoms with Gasteiger partial charge >= 0.3 is 0 Å². The van der Waals surface area contributed by atoms with Crippen molar-refractivity contribution < 1.29 is 4.79 Å². The number of aromatic nitrogens is 2. The Hall–Kier alpha value is -1.37. The molecule has 0 atom stereocenters. The van der Waals surface area contributed by atoms with Gasteiger partial charge in [0.2, 0.25) is 11.9 Å². The number of halogens is 1. The number of hydrogen-bond acceptors (Lipinski definition) is 5. The largest absolute Gasteiger partial charge is 0.370 e. The van der Waals surface area contributed by atoms with E-state index in [-0.39, 0.29) is 5.91 Å². The van der Waals surface area contributed by atoms with Gasteiger partial charge in [0.05, 0.1) is 4.47 Å². The van der Waals surface area contributed by atoms with Gasteiger partial charge in [-0.05, 0) is 35.2 Å². The Kier molecular flexibility index (Phi) is 7.17. The molecule has 6 nitrogen and oxygen atoms in total. The van der Waals surface area contributed by atoms with E-state index in [4.69, 9.17) is 5.73 Å². The van der Waals surface area contributed by atoms with E-state index in [1.807, 2.05) is 0 Å². The SMILES string of the molecule is CCCNc1ncc(Br)c(NCCCCC(N)=O)n1. The van der Waals surface area contributed by atoms with Gasteiger partial charge in [-0.25, -0.2) is 4.98 Å². The summed E-state index contributed by atoms with van der Waals surface area (Å²) >= 11 is 3.40. The van der Waals surface area contributed by atoms with E-state index >= 15 is 0 Å². The summed E-state index contributed by atoms with van der Waals surface area (Å²) in [6, 6.07) is 0. The molecule has 1 heterocycles. The molecule has 19 heavy (non-hydrogen) atoms. The fraction of sp³-hybridized carbons (Fsp3) is 0.583. The molecule has 0 bridgehead atoms. The van der Waals surface area contributed by atoms with Crippen LogP contribution < -0.4 is 16.4 Å². The fourth-order valence-electron chi connectivity index (χ4n) is 1.44. The van der Waals surface area contributed by atoms with E-state index in [2.05, 4.69) is 43.5 Å². The number of rotatable bonds is 9. The molecule has 0 aliphatic rings. The van der Waals surface area contributed by atoms with Crippen molar-refractivity contribution in [3.63, 3.8) is 0 Å². The molecule has 0 unspecified atom stereocenters. The average Bonchev–Trinajstić information content (AvgIpc) is 2.38. The van der Waals surface area contributed by atoms with Crippen molar-refractivity contribution in [3.8, 4) is 0 Å². The van der Waals surface area contributed by atoms with Crippen LogP contribution in [-0.4, -0.2) is 29.0 Å². The number of hydrogen-bond donors (Lipinski definition) is 3. The third kappa shape index (κ3) is 6.37. The zero-order valence-corrected chi connectivity index (χ0v) is 12.7. The first kappa shape index (κ1) is 15.7. The molecule has 4 N–H and O–H groups in total. The third-order valence-corrected chi connectivity index (χ3v) is 3.00. The number of amides is 1. The molecule has 0 fully saturated rings. The van der Waals surface area contributed by atoms with Crippen LogP contribution in [0, 0.1) is 0 Å². The maximum Gasteiger partial charge on any atom is 0.224 e. The predicted molar refractivity (Wildman–Crippen MR) is 80.0 cm³/mol. The Morgan fingerprint density at radius 2 is 2.16 bits per heavy atom. The highest BCUT2D eigenvalue weighted by atomic mass is 79.9. The predicted octanol–water partition coefficient (Wildman–Crippen LogP) is 2.13. The van der Waals surface area contributed by atoms with E-state index < -0.39 is 0 Å². The van der Waals surface area contributed by atoms with Crippen LogP contribution in [0.4, 0.5) is 11.8 Å². The summed E-state index contributed by atoms with van der Waals surface area (Å²) in [6.45, 7) is 3.68. The van der Waals surface area contributed by atoms with Crippen molar-refractivity contribution in [1.82, 2.24) is 9.97 Å². The number of nitrogens with two attached hydrogens (primary N) is 1. The quantitative estimate of drug-likeness (QED) is 0.603. The second kappa shape index (κ2) is 8.68. The minimum Gasteiger partial charge on any atom is -0.370 e. The van der Waals surface area contributed by atoms with Crippen molar-refractivity contribution in [1.29, 1.82) is 0 Å². The Morgan fingerprint density at radius 3 is 2.84 bits per heavy atom. The van der Waals surface area contributed by atoms with Crippen molar-refractivity contribution in [2.75, 3.05) is 23.7 Å². The van der Waals surface area contributed by atoms with Gasteiger partial charge in [0.1, 0.15) is 5.82 Å². The van der Waals surface area contributed by atoms with Crippen LogP contribution in [0.1, 0.15) is 32.6 Å². The second-order valence-corrected chi connectivity index (χ2v) is 5.02. The molecule has 0 saturated heterocycles. The average molecular weight is 330 g/mol. The van der Waals surface area contributed by atoms with Gasteiger partial charge in [-0.2, -0.15) is 4.98 Å². The lowest BCUT2D eigenvalue weighted by atomic mass is 10.2. The highest BCUT2D eigenvalue weighted by Crippen LogP contribution is 2.20. The number of carbonyl (C=O) groups excluding carboxylic acids is 1. The van der Waals surface area contributed by atoms with E-state index in [0.717, 1.165) is 42.6 Å². The second-order valence-electron chi connectivity index (χ2n) is 4.17. The van der Waals surface area contributed by atoms with E-state index in [1.54, 1.807) is 6.20 Å². The highest BCUT2D eigenvalue weighted by molar-refractivity contribution is 9.10. The molecule has 0 spiro atoms. The number of unbranched alkanes of at least 4 members (excludes halogenated alkanes) is 1. The normalized spacial score (nSPS) is 10.2. The van der Waals surface area contributed by atoms with Crippen molar-refractivity contribution in [3.05, 3.63) is 10.7 Å². The van der Waals surface area contributed by atoms with E-state index in [0.29, 0.717) is 12.4 Å². The first-order valence-corrected chi connectivity index (χ1v) is 7.21. The molecule has 0 aromatic carbocycles. The highest BCUT2D eigenvalue weighted by Gasteiger charge is 2.04. The van der Waals surface area contributed by atoms with E-state index in [9.17, 15) is 4.79 Å². The molecular formula is C12H20BrN5O. The van der Waals surface area contributed by atoms with Gasteiger partial charge in [-0.15, -0.1) is 0 Å². The summed E-state index contributed by atoms with van der Waals surface area (Å²) in [5.74, 6) is 1.12. The maximum absolute atomic E-state index is 10.6. The standard InChI is InChI=1S/C12H20BrN5O/c1-2-6-16-12-17-8-9(13)11(18-12)15-7-4-3-5-10(14)19/h8H,2-7H2,1H3,(H2,14,19)(H2,15,16,17,18). The summed E-state index contributed by atoms with van der Waals surface area (Å²) in [4.78, 5) is 19.1. The van der Waals surface area contributed by atoms with Crippen LogP contribution in [0.5, 0.6) is 0 Å². The number of primary amides is 1. The Labute approximate surface area is 121 Å². The Balaban J connectivity index is 2.41. The topological polar surface area (TPSA) is 92.9 Å². The zero-order valence-electron chi connectivity index (χ0n) is 11.1. The van der Waals surface area contributed by atoms with Gasteiger partial charge in [-0.1, -0.05) is 6.92 Å². The molecule has 0 radical (unpaired) electrons. The monoisotopic (exact) mass is 329 g/mol. The van der Waals surface area contributed by atoms with Crippen LogP contribution in [-0.2, 0) is 4.79 Å². The molecular weight excluding hydrogens is 310 g/mol. The van der Waals surface area contributed by atoms with Gasteiger partial charge in [-0.3, -0.25) is 4.79 Å². The Morgan fingerprint density at radius 1 is 1.37 bits per heavy atom. The lowest BCUT2D eigenvalue weighted by molar-refractivity contribution is -0.118. The van der Waals surface area contributed by atoms with Gasteiger partial charge < -0.3 is 16.4 Å². The molecule has 1 rings (SSSR count). The van der Waals surface area contributed by atoms with Crippen LogP contribution in [0.3, 0.4) is 0 Å². The van der Waals surface area contributed by atoms with Crippen molar-refractivity contribution in [2.45, 2.75) is 32.6 Å². The van der Waals surface area contributed by atoms with Crippen LogP contribution in [0.25, 0.3) is 0 Å². The number of anilines is 2. The maximum atomic E-state index is 10.6. The number of nitrogens with zero attached hydrogens (tertiary/aromatic N) is 2. The third-order valence-electron chi connectivity index (χ3n) is 2.42. The molecule has 1 aromatic rings.